The van der Waals surface area contributed by atoms with Gasteiger partial charge in [0.05, 0.1) is 11.8 Å². The molecule has 1 aromatic heterocycles. The van der Waals surface area contributed by atoms with Crippen molar-refractivity contribution in [1.82, 2.24) is 20.1 Å². The van der Waals surface area contributed by atoms with E-state index in [0.29, 0.717) is 11.7 Å². The SMILES string of the molecule is Cc1ccc(-n2c(C)nnc2SCC(=O)N[C@H](C)c2ccc(CC(C)C)cc2)cc1. The highest BCUT2D eigenvalue weighted by Crippen LogP contribution is 2.22. The van der Waals surface area contributed by atoms with Crippen LogP contribution in [0.3, 0.4) is 0 Å². The summed E-state index contributed by atoms with van der Waals surface area (Å²) in [4.78, 5) is 12.5. The van der Waals surface area contributed by atoms with Crippen molar-refractivity contribution in [3.8, 4) is 5.69 Å². The maximum Gasteiger partial charge on any atom is 0.230 e. The first-order valence-electron chi connectivity index (χ1n) is 10.3. The molecule has 0 spiro atoms. The maximum atomic E-state index is 12.5. The van der Waals surface area contributed by atoms with E-state index in [1.54, 1.807) is 0 Å². The topological polar surface area (TPSA) is 59.8 Å². The standard InChI is InChI=1S/C24H30N4OS/c1-16(2)14-20-8-10-21(11-9-20)18(4)25-23(29)15-30-24-27-26-19(5)28(24)22-12-6-17(3)7-13-22/h6-13,16,18H,14-15H2,1-5H3,(H,25,29)/t18-/m1/s1. The Morgan fingerprint density at radius 3 is 2.30 bits per heavy atom. The van der Waals surface area contributed by atoms with E-state index in [-0.39, 0.29) is 11.9 Å². The molecule has 2 aromatic carbocycles. The Bertz CT molecular complexity index is 977. The lowest BCUT2D eigenvalue weighted by atomic mass is 10.00. The lowest BCUT2D eigenvalue weighted by molar-refractivity contribution is -0.119. The van der Waals surface area contributed by atoms with Crippen LogP contribution in [0.2, 0.25) is 0 Å². The molecule has 0 bridgehead atoms. The van der Waals surface area contributed by atoms with E-state index in [2.05, 4.69) is 72.7 Å². The number of aromatic nitrogens is 3. The number of thioether (sulfide) groups is 1. The van der Waals surface area contributed by atoms with Crippen molar-refractivity contribution in [2.75, 3.05) is 5.75 Å². The Balaban J connectivity index is 1.59. The van der Waals surface area contributed by atoms with Gasteiger partial charge in [0.2, 0.25) is 5.91 Å². The fraction of sp³-hybridized carbons (Fsp3) is 0.375. The van der Waals surface area contributed by atoms with E-state index >= 15 is 0 Å². The Morgan fingerprint density at radius 1 is 1.00 bits per heavy atom. The molecule has 6 heteroatoms. The smallest absolute Gasteiger partial charge is 0.230 e. The summed E-state index contributed by atoms with van der Waals surface area (Å²) in [6, 6.07) is 16.7. The summed E-state index contributed by atoms with van der Waals surface area (Å²) in [5.74, 6) is 1.71. The summed E-state index contributed by atoms with van der Waals surface area (Å²) in [5, 5.41) is 12.2. The molecule has 3 aromatic rings. The van der Waals surface area contributed by atoms with Gasteiger partial charge in [-0.1, -0.05) is 67.6 Å². The molecule has 1 atom stereocenters. The predicted molar refractivity (Wildman–Crippen MR) is 123 cm³/mol. The highest BCUT2D eigenvalue weighted by molar-refractivity contribution is 7.99. The summed E-state index contributed by atoms with van der Waals surface area (Å²) < 4.78 is 1.98. The minimum absolute atomic E-state index is 0.0186. The first kappa shape index (κ1) is 22.1. The van der Waals surface area contributed by atoms with Crippen LogP contribution in [0.1, 0.15) is 49.3 Å². The number of amides is 1. The van der Waals surface area contributed by atoms with Gasteiger partial charge in [0, 0.05) is 5.69 Å². The number of nitrogens with zero attached hydrogens (tertiary/aromatic N) is 3. The van der Waals surface area contributed by atoms with Crippen molar-refractivity contribution in [2.24, 2.45) is 5.92 Å². The van der Waals surface area contributed by atoms with Crippen molar-refractivity contribution in [3.63, 3.8) is 0 Å². The zero-order valence-electron chi connectivity index (χ0n) is 18.3. The van der Waals surface area contributed by atoms with Crippen LogP contribution in [0.15, 0.2) is 53.7 Å². The molecule has 1 heterocycles. The van der Waals surface area contributed by atoms with Crippen LogP contribution in [0.4, 0.5) is 0 Å². The van der Waals surface area contributed by atoms with Crippen LogP contribution < -0.4 is 5.32 Å². The van der Waals surface area contributed by atoms with Gasteiger partial charge in [0.15, 0.2) is 5.16 Å². The van der Waals surface area contributed by atoms with Gasteiger partial charge in [0.25, 0.3) is 0 Å². The number of benzene rings is 2. The third-order valence-corrected chi connectivity index (χ3v) is 5.85. The molecule has 3 rings (SSSR count). The molecule has 0 saturated carbocycles. The number of carbonyl (C=O) groups is 1. The molecule has 0 fully saturated rings. The van der Waals surface area contributed by atoms with Gasteiger partial charge in [-0.05, 0) is 56.4 Å². The molecule has 0 aliphatic heterocycles. The first-order chi connectivity index (χ1) is 14.3. The van der Waals surface area contributed by atoms with Gasteiger partial charge in [0.1, 0.15) is 5.82 Å². The maximum absolute atomic E-state index is 12.5. The highest BCUT2D eigenvalue weighted by Gasteiger charge is 2.15. The van der Waals surface area contributed by atoms with E-state index in [0.717, 1.165) is 28.7 Å². The number of nitrogens with one attached hydrogen (secondary N) is 1. The van der Waals surface area contributed by atoms with Crippen LogP contribution in [-0.2, 0) is 11.2 Å². The zero-order valence-corrected chi connectivity index (χ0v) is 19.2. The van der Waals surface area contributed by atoms with Gasteiger partial charge in [-0.3, -0.25) is 9.36 Å². The fourth-order valence-corrected chi connectivity index (χ4v) is 4.15. The van der Waals surface area contributed by atoms with E-state index in [9.17, 15) is 4.79 Å². The molecule has 5 nitrogen and oxygen atoms in total. The predicted octanol–water partition coefficient (Wildman–Crippen LogP) is 5.05. The summed E-state index contributed by atoms with van der Waals surface area (Å²) in [5.41, 5.74) is 4.64. The van der Waals surface area contributed by atoms with Gasteiger partial charge in [-0.25, -0.2) is 0 Å². The second kappa shape index (κ2) is 9.94. The molecular formula is C24H30N4OS. The summed E-state index contributed by atoms with van der Waals surface area (Å²) in [6.07, 6.45) is 1.07. The monoisotopic (exact) mass is 422 g/mol. The van der Waals surface area contributed by atoms with Gasteiger partial charge in [-0.15, -0.1) is 10.2 Å². The Hall–Kier alpha value is -2.60. The minimum Gasteiger partial charge on any atom is -0.349 e. The van der Waals surface area contributed by atoms with Crippen LogP contribution in [0.5, 0.6) is 0 Å². The lowest BCUT2D eigenvalue weighted by Crippen LogP contribution is -2.28. The minimum atomic E-state index is -0.0390. The van der Waals surface area contributed by atoms with Crippen molar-refractivity contribution in [2.45, 2.75) is 52.2 Å². The van der Waals surface area contributed by atoms with Gasteiger partial charge >= 0.3 is 0 Å². The van der Waals surface area contributed by atoms with Crippen molar-refractivity contribution in [1.29, 1.82) is 0 Å². The van der Waals surface area contributed by atoms with Crippen LogP contribution in [-0.4, -0.2) is 26.4 Å². The number of aryl methyl sites for hydroxylation is 2. The van der Waals surface area contributed by atoms with E-state index in [1.165, 1.54) is 22.9 Å². The van der Waals surface area contributed by atoms with E-state index in [4.69, 9.17) is 0 Å². The third kappa shape index (κ3) is 5.72. The van der Waals surface area contributed by atoms with Crippen LogP contribution in [0, 0.1) is 19.8 Å². The van der Waals surface area contributed by atoms with Crippen molar-refractivity contribution >= 4 is 17.7 Å². The summed E-state index contributed by atoms with van der Waals surface area (Å²) in [7, 11) is 0. The van der Waals surface area contributed by atoms with E-state index < -0.39 is 0 Å². The van der Waals surface area contributed by atoms with Gasteiger partial charge < -0.3 is 5.32 Å². The van der Waals surface area contributed by atoms with Crippen LogP contribution >= 0.6 is 11.8 Å². The second-order valence-corrected chi connectivity index (χ2v) is 9.06. The number of rotatable bonds is 8. The molecule has 0 radical (unpaired) electrons. The molecule has 30 heavy (non-hydrogen) atoms. The third-order valence-electron chi connectivity index (χ3n) is 4.92. The molecular weight excluding hydrogens is 392 g/mol. The normalized spacial score (nSPS) is 12.2. The average Bonchev–Trinajstić information content (AvgIpc) is 3.07. The molecule has 0 unspecified atom stereocenters. The average molecular weight is 423 g/mol. The highest BCUT2D eigenvalue weighted by atomic mass is 32.2. The Kier molecular flexibility index (Phi) is 7.32. The quantitative estimate of drug-likeness (QED) is 0.516. The molecule has 158 valence electrons. The van der Waals surface area contributed by atoms with Crippen LogP contribution in [0.25, 0.3) is 5.69 Å². The Labute approximate surface area is 183 Å². The fourth-order valence-electron chi connectivity index (χ4n) is 3.34. The van der Waals surface area contributed by atoms with E-state index in [1.807, 2.05) is 30.5 Å². The molecule has 1 amide bonds. The zero-order chi connectivity index (χ0) is 21.7. The summed E-state index contributed by atoms with van der Waals surface area (Å²) >= 11 is 1.40. The van der Waals surface area contributed by atoms with Gasteiger partial charge in [-0.2, -0.15) is 0 Å². The van der Waals surface area contributed by atoms with Crippen molar-refractivity contribution in [3.05, 3.63) is 71.0 Å². The number of hydrogen-bond acceptors (Lipinski definition) is 4. The summed E-state index contributed by atoms with van der Waals surface area (Å²) in [6.45, 7) is 10.4. The molecule has 0 aliphatic carbocycles. The molecule has 1 N–H and O–H groups in total. The number of carbonyl (C=O) groups excluding carboxylic acids is 1. The molecule has 0 saturated heterocycles. The number of hydrogen-bond donors (Lipinski definition) is 1. The lowest BCUT2D eigenvalue weighted by Gasteiger charge is -2.15. The van der Waals surface area contributed by atoms with Crippen molar-refractivity contribution < 1.29 is 4.79 Å². The largest absolute Gasteiger partial charge is 0.349 e. The second-order valence-electron chi connectivity index (χ2n) is 8.12. The first-order valence-corrected chi connectivity index (χ1v) is 11.3. The molecule has 0 aliphatic rings. The Morgan fingerprint density at radius 2 is 1.67 bits per heavy atom.